The van der Waals surface area contributed by atoms with Gasteiger partial charge in [-0.05, 0) is 23.8 Å². The van der Waals surface area contributed by atoms with Gasteiger partial charge in [-0.1, -0.05) is 18.2 Å². The number of nitrogens with zero attached hydrogens (tertiary/aromatic N) is 1. The van der Waals surface area contributed by atoms with E-state index in [2.05, 4.69) is 0 Å². The normalized spacial score (nSPS) is 12.3. The van der Waals surface area contributed by atoms with Crippen molar-refractivity contribution < 1.29 is 18.3 Å². The van der Waals surface area contributed by atoms with Crippen LogP contribution in [0.15, 0.2) is 36.4 Å². The van der Waals surface area contributed by atoms with Gasteiger partial charge in [-0.25, -0.2) is 13.2 Å². The molecule has 2 aromatic carbocycles. The average Bonchev–Trinajstić information content (AvgIpc) is 2.44. The minimum atomic E-state index is -1.58. The van der Waals surface area contributed by atoms with E-state index >= 15 is 0 Å². The van der Waals surface area contributed by atoms with E-state index in [-0.39, 0.29) is 5.56 Å². The molecule has 2 rings (SSSR count). The second-order valence-electron chi connectivity index (χ2n) is 4.66. The first-order chi connectivity index (χ1) is 9.41. The first kappa shape index (κ1) is 14.4. The fourth-order valence-electron chi connectivity index (χ4n) is 1.90. The van der Waals surface area contributed by atoms with E-state index in [4.69, 9.17) is 0 Å². The van der Waals surface area contributed by atoms with E-state index in [1.807, 2.05) is 25.1 Å². The van der Waals surface area contributed by atoms with Crippen LogP contribution >= 0.6 is 0 Å². The number of rotatable bonds is 3. The molecule has 0 radical (unpaired) electrons. The molecule has 0 aliphatic carbocycles. The number of anilines is 1. The smallest absolute Gasteiger partial charge is 0.194 e. The van der Waals surface area contributed by atoms with Crippen LogP contribution in [0.5, 0.6) is 0 Å². The predicted octanol–water partition coefficient (Wildman–Crippen LogP) is 3.25. The van der Waals surface area contributed by atoms with Crippen LogP contribution in [0.2, 0.25) is 0 Å². The summed E-state index contributed by atoms with van der Waals surface area (Å²) in [5.74, 6) is -4.22. The molecule has 0 bridgehead atoms. The van der Waals surface area contributed by atoms with Crippen molar-refractivity contribution in [2.45, 2.75) is 6.10 Å². The van der Waals surface area contributed by atoms with E-state index < -0.39 is 23.6 Å². The fraction of sp³-hybridized carbons (Fsp3) is 0.200. The Balaban J connectivity index is 2.44. The lowest BCUT2D eigenvalue weighted by Crippen LogP contribution is -2.10. The van der Waals surface area contributed by atoms with Crippen molar-refractivity contribution in [2.24, 2.45) is 0 Å². The maximum atomic E-state index is 13.7. The van der Waals surface area contributed by atoms with Crippen molar-refractivity contribution >= 4 is 5.69 Å². The Kier molecular flexibility index (Phi) is 3.99. The van der Waals surface area contributed by atoms with Crippen molar-refractivity contribution in [2.75, 3.05) is 19.0 Å². The molecule has 0 fully saturated rings. The van der Waals surface area contributed by atoms with Gasteiger partial charge < -0.3 is 10.0 Å². The molecule has 106 valence electrons. The summed E-state index contributed by atoms with van der Waals surface area (Å²) >= 11 is 0. The maximum absolute atomic E-state index is 13.7. The fourth-order valence-corrected chi connectivity index (χ4v) is 1.90. The van der Waals surface area contributed by atoms with Gasteiger partial charge in [0.25, 0.3) is 0 Å². The lowest BCUT2D eigenvalue weighted by atomic mass is 10.00. The Bertz CT molecular complexity index is 629. The van der Waals surface area contributed by atoms with Gasteiger partial charge in [0.1, 0.15) is 6.10 Å². The van der Waals surface area contributed by atoms with Crippen molar-refractivity contribution in [1.82, 2.24) is 0 Å². The van der Waals surface area contributed by atoms with Crippen LogP contribution in [0.25, 0.3) is 0 Å². The lowest BCUT2D eigenvalue weighted by molar-refractivity contribution is 0.212. The molecule has 1 N–H and O–H groups in total. The number of hydrogen-bond acceptors (Lipinski definition) is 2. The van der Waals surface area contributed by atoms with E-state index in [0.717, 1.165) is 17.8 Å². The Morgan fingerprint density at radius 3 is 2.35 bits per heavy atom. The van der Waals surface area contributed by atoms with Gasteiger partial charge in [0.2, 0.25) is 0 Å². The van der Waals surface area contributed by atoms with Gasteiger partial charge in [-0.2, -0.15) is 0 Å². The summed E-state index contributed by atoms with van der Waals surface area (Å²) in [6.07, 6.45) is -1.36. The van der Waals surface area contributed by atoms with Gasteiger partial charge >= 0.3 is 0 Å². The highest BCUT2D eigenvalue weighted by Gasteiger charge is 2.20. The van der Waals surface area contributed by atoms with Crippen LogP contribution in [-0.2, 0) is 0 Å². The molecule has 0 amide bonds. The van der Waals surface area contributed by atoms with Gasteiger partial charge in [-0.15, -0.1) is 0 Å². The van der Waals surface area contributed by atoms with Gasteiger partial charge in [0.05, 0.1) is 0 Å². The van der Waals surface area contributed by atoms with Gasteiger partial charge in [0.15, 0.2) is 17.5 Å². The minimum Gasteiger partial charge on any atom is -0.384 e. The van der Waals surface area contributed by atoms with Gasteiger partial charge in [0, 0.05) is 25.3 Å². The maximum Gasteiger partial charge on any atom is 0.194 e. The van der Waals surface area contributed by atoms with Crippen LogP contribution < -0.4 is 4.90 Å². The largest absolute Gasteiger partial charge is 0.384 e. The third-order valence-corrected chi connectivity index (χ3v) is 3.06. The second kappa shape index (κ2) is 5.54. The van der Waals surface area contributed by atoms with E-state index in [1.54, 1.807) is 18.2 Å². The van der Waals surface area contributed by atoms with Crippen molar-refractivity contribution in [3.8, 4) is 0 Å². The minimum absolute atomic E-state index is 0.292. The van der Waals surface area contributed by atoms with Crippen LogP contribution in [0.3, 0.4) is 0 Å². The van der Waals surface area contributed by atoms with Crippen molar-refractivity contribution in [3.63, 3.8) is 0 Å². The van der Waals surface area contributed by atoms with E-state index in [0.29, 0.717) is 5.56 Å². The highest BCUT2D eigenvalue weighted by Crippen LogP contribution is 2.28. The molecule has 20 heavy (non-hydrogen) atoms. The summed E-state index contributed by atoms with van der Waals surface area (Å²) < 4.78 is 39.8. The summed E-state index contributed by atoms with van der Waals surface area (Å²) in [5, 5.41) is 10.1. The van der Waals surface area contributed by atoms with Crippen molar-refractivity contribution in [1.29, 1.82) is 0 Å². The molecule has 1 atom stereocenters. The highest BCUT2D eigenvalue weighted by atomic mass is 19.2. The SMILES string of the molecule is CN(C)c1cccc(C(O)c2ccc(F)c(F)c2F)c1. The standard InChI is InChI=1S/C15H14F3NO/c1-19(2)10-5-3-4-9(8-10)15(20)11-6-7-12(16)14(18)13(11)17/h3-8,15,20H,1-2H3. The third-order valence-electron chi connectivity index (χ3n) is 3.06. The molecular formula is C15H14F3NO. The van der Waals surface area contributed by atoms with E-state index in [9.17, 15) is 18.3 Å². The molecule has 0 saturated carbocycles. The zero-order chi connectivity index (χ0) is 14.9. The Hall–Kier alpha value is -2.01. The zero-order valence-electron chi connectivity index (χ0n) is 11.1. The number of benzene rings is 2. The molecule has 1 unspecified atom stereocenters. The van der Waals surface area contributed by atoms with Gasteiger partial charge in [-0.3, -0.25) is 0 Å². The molecule has 2 nitrogen and oxygen atoms in total. The molecule has 0 aromatic heterocycles. The molecule has 0 saturated heterocycles. The number of aliphatic hydroxyl groups excluding tert-OH is 1. The topological polar surface area (TPSA) is 23.5 Å². The summed E-state index contributed by atoms with van der Waals surface area (Å²) in [6, 6.07) is 8.61. The number of aliphatic hydroxyl groups is 1. The summed E-state index contributed by atoms with van der Waals surface area (Å²) in [5.41, 5.74) is 0.922. The zero-order valence-corrected chi connectivity index (χ0v) is 11.1. The van der Waals surface area contributed by atoms with Crippen molar-refractivity contribution in [3.05, 3.63) is 65.0 Å². The first-order valence-corrected chi connectivity index (χ1v) is 6.00. The molecule has 0 heterocycles. The highest BCUT2D eigenvalue weighted by molar-refractivity contribution is 5.49. The Morgan fingerprint density at radius 2 is 1.70 bits per heavy atom. The predicted molar refractivity (Wildman–Crippen MR) is 71.1 cm³/mol. The van der Waals surface area contributed by atoms with Crippen LogP contribution in [0.4, 0.5) is 18.9 Å². The summed E-state index contributed by atoms with van der Waals surface area (Å²) in [6.45, 7) is 0. The average molecular weight is 281 g/mol. The molecule has 0 spiro atoms. The molecular weight excluding hydrogens is 267 g/mol. The number of halogens is 3. The number of hydrogen-bond donors (Lipinski definition) is 1. The van der Waals surface area contributed by atoms with E-state index in [1.165, 1.54) is 0 Å². The lowest BCUT2D eigenvalue weighted by Gasteiger charge is -2.17. The van der Waals surface area contributed by atoms with Crippen LogP contribution in [0.1, 0.15) is 17.2 Å². The third kappa shape index (κ3) is 2.63. The monoisotopic (exact) mass is 281 g/mol. The first-order valence-electron chi connectivity index (χ1n) is 6.00. The Morgan fingerprint density at radius 1 is 1.00 bits per heavy atom. The van der Waals surface area contributed by atoms with Crippen LogP contribution in [0, 0.1) is 17.5 Å². The Labute approximate surface area is 115 Å². The quantitative estimate of drug-likeness (QED) is 0.873. The van der Waals surface area contributed by atoms with Crippen LogP contribution in [-0.4, -0.2) is 19.2 Å². The second-order valence-corrected chi connectivity index (χ2v) is 4.66. The molecule has 5 heteroatoms. The molecule has 0 aliphatic heterocycles. The summed E-state index contributed by atoms with van der Waals surface area (Å²) in [7, 11) is 3.65. The molecule has 2 aromatic rings. The molecule has 0 aliphatic rings. The summed E-state index contributed by atoms with van der Waals surface area (Å²) in [4.78, 5) is 1.82.